The van der Waals surface area contributed by atoms with Crippen LogP contribution in [0.4, 0.5) is 5.69 Å². The molecule has 1 aromatic heterocycles. The van der Waals surface area contributed by atoms with Gasteiger partial charge in [-0.1, -0.05) is 17.3 Å². The van der Waals surface area contributed by atoms with Crippen LogP contribution in [0, 0.1) is 0 Å². The molecule has 5 nitrogen and oxygen atoms in total. The standard InChI is InChI=1S/C13H12BrN3O2S/c1-17(13(18)11-9(14)6-7-20-11)10-5-3-2-4-8(10)12(15)16-19/h2-7,19H,1H3,(H2,15,16). The van der Waals surface area contributed by atoms with Crippen molar-refractivity contribution in [1.29, 1.82) is 0 Å². The van der Waals surface area contributed by atoms with Gasteiger partial charge in [-0.2, -0.15) is 0 Å². The number of oxime groups is 1. The molecular formula is C13H12BrN3O2S. The second kappa shape index (κ2) is 6.06. The minimum atomic E-state index is -0.162. The molecule has 1 aromatic carbocycles. The predicted octanol–water partition coefficient (Wildman–Crippen LogP) is 2.88. The third kappa shape index (κ3) is 2.68. The van der Waals surface area contributed by atoms with Gasteiger partial charge in [0.15, 0.2) is 5.84 Å². The highest BCUT2D eigenvalue weighted by Gasteiger charge is 2.20. The van der Waals surface area contributed by atoms with Gasteiger partial charge >= 0.3 is 0 Å². The summed E-state index contributed by atoms with van der Waals surface area (Å²) in [5.41, 5.74) is 6.71. The molecule has 1 heterocycles. The van der Waals surface area contributed by atoms with Gasteiger partial charge in [0.25, 0.3) is 5.91 Å². The van der Waals surface area contributed by atoms with E-state index in [1.165, 1.54) is 16.2 Å². The summed E-state index contributed by atoms with van der Waals surface area (Å²) in [6.07, 6.45) is 0. The zero-order valence-corrected chi connectivity index (χ0v) is 13.0. The van der Waals surface area contributed by atoms with E-state index in [4.69, 9.17) is 10.9 Å². The Bertz CT molecular complexity index is 669. The van der Waals surface area contributed by atoms with Gasteiger partial charge in [-0.15, -0.1) is 11.3 Å². The Morgan fingerprint density at radius 2 is 2.10 bits per heavy atom. The van der Waals surface area contributed by atoms with Gasteiger partial charge in [-0.05, 0) is 39.5 Å². The Hall–Kier alpha value is -1.86. The molecule has 20 heavy (non-hydrogen) atoms. The number of hydrogen-bond donors (Lipinski definition) is 2. The van der Waals surface area contributed by atoms with Gasteiger partial charge in [0, 0.05) is 17.1 Å². The van der Waals surface area contributed by atoms with E-state index < -0.39 is 0 Å². The van der Waals surface area contributed by atoms with Gasteiger partial charge in [-0.3, -0.25) is 4.79 Å². The average Bonchev–Trinajstić information content (AvgIpc) is 2.91. The lowest BCUT2D eigenvalue weighted by Crippen LogP contribution is -2.28. The summed E-state index contributed by atoms with van der Waals surface area (Å²) in [6.45, 7) is 0. The molecule has 0 unspecified atom stereocenters. The van der Waals surface area contributed by atoms with Crippen LogP contribution in [0.2, 0.25) is 0 Å². The minimum Gasteiger partial charge on any atom is -0.409 e. The quantitative estimate of drug-likeness (QED) is 0.385. The van der Waals surface area contributed by atoms with Crippen LogP contribution in [-0.4, -0.2) is 24.0 Å². The summed E-state index contributed by atoms with van der Waals surface area (Å²) in [6, 6.07) is 8.80. The van der Waals surface area contributed by atoms with E-state index in [1.54, 1.807) is 31.3 Å². The molecule has 0 saturated heterocycles. The molecule has 0 aliphatic heterocycles. The number of hydrogen-bond acceptors (Lipinski definition) is 4. The van der Waals surface area contributed by atoms with Crippen LogP contribution in [0.15, 0.2) is 45.3 Å². The highest BCUT2D eigenvalue weighted by Crippen LogP contribution is 2.27. The predicted molar refractivity (Wildman–Crippen MR) is 83.7 cm³/mol. The van der Waals surface area contributed by atoms with Crippen molar-refractivity contribution in [3.63, 3.8) is 0 Å². The fraction of sp³-hybridized carbons (Fsp3) is 0.0769. The maximum Gasteiger partial charge on any atom is 0.269 e. The van der Waals surface area contributed by atoms with Crippen LogP contribution in [0.1, 0.15) is 15.2 Å². The van der Waals surface area contributed by atoms with E-state index in [1.807, 2.05) is 11.4 Å². The Balaban J connectivity index is 2.42. The average molecular weight is 354 g/mol. The van der Waals surface area contributed by atoms with Crippen LogP contribution in [0.3, 0.4) is 0 Å². The van der Waals surface area contributed by atoms with Gasteiger partial charge in [-0.25, -0.2) is 0 Å². The largest absolute Gasteiger partial charge is 0.409 e. The molecule has 0 fully saturated rings. The van der Waals surface area contributed by atoms with Crippen LogP contribution >= 0.6 is 27.3 Å². The van der Waals surface area contributed by atoms with Crippen LogP contribution in [0.25, 0.3) is 0 Å². The molecule has 0 spiro atoms. The molecule has 0 saturated carbocycles. The number of rotatable bonds is 3. The van der Waals surface area contributed by atoms with Crippen molar-refractivity contribution >= 4 is 44.7 Å². The lowest BCUT2D eigenvalue weighted by Gasteiger charge is -2.19. The number of benzene rings is 1. The normalized spacial score (nSPS) is 11.4. The maximum absolute atomic E-state index is 12.5. The number of amides is 1. The van der Waals surface area contributed by atoms with Gasteiger partial charge in [0.05, 0.1) is 5.69 Å². The van der Waals surface area contributed by atoms with Crippen molar-refractivity contribution < 1.29 is 10.0 Å². The van der Waals surface area contributed by atoms with Crippen molar-refractivity contribution in [2.75, 3.05) is 11.9 Å². The number of amidine groups is 1. The second-order valence-corrected chi connectivity index (χ2v) is 5.73. The first kappa shape index (κ1) is 14.5. The van der Waals surface area contributed by atoms with E-state index in [-0.39, 0.29) is 11.7 Å². The number of carbonyl (C=O) groups excluding carboxylic acids is 1. The molecule has 0 aliphatic rings. The molecule has 0 bridgehead atoms. The summed E-state index contributed by atoms with van der Waals surface area (Å²) in [4.78, 5) is 14.5. The molecule has 104 valence electrons. The zero-order chi connectivity index (χ0) is 14.7. The summed E-state index contributed by atoms with van der Waals surface area (Å²) >= 11 is 4.70. The highest BCUT2D eigenvalue weighted by molar-refractivity contribution is 9.10. The molecular weight excluding hydrogens is 342 g/mol. The van der Waals surface area contributed by atoms with Crippen LogP contribution in [0.5, 0.6) is 0 Å². The SMILES string of the molecule is CN(C(=O)c1sccc1Br)c1ccccc1/C(N)=N/O. The van der Waals surface area contributed by atoms with Gasteiger partial charge in [0.1, 0.15) is 4.88 Å². The van der Waals surface area contributed by atoms with E-state index in [2.05, 4.69) is 21.1 Å². The van der Waals surface area contributed by atoms with Gasteiger partial charge < -0.3 is 15.8 Å². The fourth-order valence-corrected chi connectivity index (χ4v) is 3.26. The van der Waals surface area contributed by atoms with E-state index in [0.717, 1.165) is 4.47 Å². The van der Waals surface area contributed by atoms with Crippen molar-refractivity contribution in [1.82, 2.24) is 0 Å². The Labute approximate surface area is 128 Å². The van der Waals surface area contributed by atoms with E-state index in [9.17, 15) is 4.79 Å². The molecule has 0 aliphatic carbocycles. The summed E-state index contributed by atoms with van der Waals surface area (Å²) in [5, 5.41) is 13.6. The topological polar surface area (TPSA) is 78.9 Å². The second-order valence-electron chi connectivity index (χ2n) is 3.96. The number of nitrogens with zero attached hydrogens (tertiary/aromatic N) is 2. The van der Waals surface area contributed by atoms with Crippen molar-refractivity contribution in [3.05, 3.63) is 50.6 Å². The number of thiophene rings is 1. The number of halogens is 1. The van der Waals surface area contributed by atoms with Crippen molar-refractivity contribution in [3.8, 4) is 0 Å². The zero-order valence-electron chi connectivity index (χ0n) is 10.6. The number of para-hydroxylation sites is 1. The molecule has 1 amide bonds. The van der Waals surface area contributed by atoms with E-state index >= 15 is 0 Å². The van der Waals surface area contributed by atoms with E-state index in [0.29, 0.717) is 16.1 Å². The first-order valence-corrected chi connectivity index (χ1v) is 7.31. The molecule has 7 heteroatoms. The molecule has 2 rings (SSSR count). The van der Waals surface area contributed by atoms with Crippen LogP contribution < -0.4 is 10.6 Å². The molecule has 3 N–H and O–H groups in total. The highest BCUT2D eigenvalue weighted by atomic mass is 79.9. The monoisotopic (exact) mass is 353 g/mol. The molecule has 0 radical (unpaired) electrons. The smallest absolute Gasteiger partial charge is 0.269 e. The third-order valence-corrected chi connectivity index (χ3v) is 4.59. The van der Waals surface area contributed by atoms with Gasteiger partial charge in [0.2, 0.25) is 0 Å². The minimum absolute atomic E-state index is 0.0366. The lowest BCUT2D eigenvalue weighted by atomic mass is 10.1. The lowest BCUT2D eigenvalue weighted by molar-refractivity contribution is 0.0996. The summed E-state index contributed by atoms with van der Waals surface area (Å²) in [5.74, 6) is -0.199. The first-order chi connectivity index (χ1) is 9.56. The Kier molecular flexibility index (Phi) is 4.41. The molecule has 2 aromatic rings. The van der Waals surface area contributed by atoms with Crippen molar-refractivity contribution in [2.45, 2.75) is 0 Å². The number of nitrogens with two attached hydrogens (primary N) is 1. The molecule has 0 atom stereocenters. The number of carbonyl (C=O) groups is 1. The Morgan fingerprint density at radius 1 is 1.40 bits per heavy atom. The summed E-state index contributed by atoms with van der Waals surface area (Å²) in [7, 11) is 1.65. The van der Waals surface area contributed by atoms with Crippen molar-refractivity contribution in [2.24, 2.45) is 10.9 Å². The maximum atomic E-state index is 12.5. The Morgan fingerprint density at radius 3 is 2.70 bits per heavy atom. The number of anilines is 1. The van der Waals surface area contributed by atoms with Crippen LogP contribution in [-0.2, 0) is 0 Å². The fourth-order valence-electron chi connectivity index (χ4n) is 1.74. The third-order valence-electron chi connectivity index (χ3n) is 2.77. The summed E-state index contributed by atoms with van der Waals surface area (Å²) < 4.78 is 0.751. The first-order valence-electron chi connectivity index (χ1n) is 5.64.